The summed E-state index contributed by atoms with van der Waals surface area (Å²) in [5.74, 6) is -0.365. The highest BCUT2D eigenvalue weighted by Crippen LogP contribution is 2.42. The maximum absolute atomic E-state index is 13.2. The van der Waals surface area contributed by atoms with E-state index in [1.54, 1.807) is 6.07 Å². The van der Waals surface area contributed by atoms with E-state index in [1.165, 1.54) is 13.2 Å². The molecule has 0 atom stereocenters. The normalized spacial score (nSPS) is 23.7. The number of carbonyl (C=O) groups excluding carboxylic acids is 1. The van der Waals surface area contributed by atoms with Crippen LogP contribution in [0.4, 0.5) is 4.39 Å². The van der Waals surface area contributed by atoms with E-state index in [0.717, 1.165) is 18.4 Å². The van der Waals surface area contributed by atoms with Crippen LogP contribution >= 0.6 is 11.6 Å². The number of hydrogen-bond acceptors (Lipinski definition) is 2. The molecule has 0 amide bonds. The molecule has 0 saturated heterocycles. The fourth-order valence-electron chi connectivity index (χ4n) is 2.02. The van der Waals surface area contributed by atoms with Gasteiger partial charge in [0.2, 0.25) is 0 Å². The molecule has 1 fully saturated rings. The van der Waals surface area contributed by atoms with Gasteiger partial charge in [-0.15, -0.1) is 0 Å². The van der Waals surface area contributed by atoms with Crippen LogP contribution in [0.5, 0.6) is 0 Å². The van der Waals surface area contributed by atoms with Gasteiger partial charge in [0.15, 0.2) is 0 Å². The number of carbonyl (C=O) groups is 1. The Balaban J connectivity index is 2.01. The van der Waals surface area contributed by atoms with Crippen LogP contribution in [0.2, 0.25) is 5.02 Å². The number of rotatable bonds is 2. The number of ether oxygens (including phenoxy) is 1. The minimum Gasteiger partial charge on any atom is -0.469 e. The largest absolute Gasteiger partial charge is 0.469 e. The highest BCUT2D eigenvalue weighted by atomic mass is 35.5. The number of halogens is 2. The van der Waals surface area contributed by atoms with Crippen LogP contribution in [0, 0.1) is 11.7 Å². The summed E-state index contributed by atoms with van der Waals surface area (Å²) < 4.78 is 17.8. The molecule has 0 bridgehead atoms. The van der Waals surface area contributed by atoms with Crippen molar-refractivity contribution in [1.29, 1.82) is 0 Å². The maximum atomic E-state index is 13.2. The first kappa shape index (κ1) is 11.4. The van der Waals surface area contributed by atoms with E-state index in [0.29, 0.717) is 0 Å². The first-order valence-electron chi connectivity index (χ1n) is 5.14. The van der Waals surface area contributed by atoms with E-state index in [1.807, 2.05) is 6.07 Å². The van der Waals surface area contributed by atoms with Gasteiger partial charge < -0.3 is 4.74 Å². The van der Waals surface area contributed by atoms with Crippen molar-refractivity contribution in [3.05, 3.63) is 34.6 Å². The van der Waals surface area contributed by atoms with Gasteiger partial charge in [0, 0.05) is 0 Å². The Kier molecular flexibility index (Phi) is 3.15. The highest BCUT2D eigenvalue weighted by Gasteiger charge is 2.36. The predicted molar refractivity (Wildman–Crippen MR) is 58.9 cm³/mol. The van der Waals surface area contributed by atoms with Crippen molar-refractivity contribution in [2.75, 3.05) is 7.11 Å². The standard InChI is InChI=1S/C12H12ClFO2/c1-16-12(15)9-4-8(5-9)7-2-3-10(13)11(14)6-7/h2-3,6,8-9H,4-5H2,1H3. The molecule has 1 aliphatic carbocycles. The van der Waals surface area contributed by atoms with Crippen molar-refractivity contribution in [2.24, 2.45) is 5.92 Å². The second kappa shape index (κ2) is 4.42. The molecule has 2 rings (SSSR count). The van der Waals surface area contributed by atoms with Crippen LogP contribution in [-0.2, 0) is 9.53 Å². The van der Waals surface area contributed by atoms with Gasteiger partial charge in [-0.05, 0) is 36.5 Å². The van der Waals surface area contributed by atoms with E-state index >= 15 is 0 Å². The molecule has 0 N–H and O–H groups in total. The second-order valence-electron chi connectivity index (χ2n) is 4.06. The zero-order chi connectivity index (χ0) is 11.7. The fourth-order valence-corrected chi connectivity index (χ4v) is 2.13. The quantitative estimate of drug-likeness (QED) is 0.745. The molecule has 2 nitrogen and oxygen atoms in total. The molecule has 16 heavy (non-hydrogen) atoms. The van der Waals surface area contributed by atoms with Crippen LogP contribution < -0.4 is 0 Å². The molecule has 0 heterocycles. The van der Waals surface area contributed by atoms with Crippen molar-refractivity contribution >= 4 is 17.6 Å². The Bertz CT molecular complexity index is 413. The molecule has 4 heteroatoms. The van der Waals surface area contributed by atoms with Crippen molar-refractivity contribution in [3.63, 3.8) is 0 Å². The maximum Gasteiger partial charge on any atom is 0.308 e. The van der Waals surface area contributed by atoms with Crippen LogP contribution in [0.25, 0.3) is 0 Å². The van der Waals surface area contributed by atoms with Gasteiger partial charge in [-0.1, -0.05) is 17.7 Å². The zero-order valence-electron chi connectivity index (χ0n) is 8.87. The van der Waals surface area contributed by atoms with E-state index in [2.05, 4.69) is 4.74 Å². The van der Waals surface area contributed by atoms with Gasteiger partial charge in [0.05, 0.1) is 18.1 Å². The summed E-state index contributed by atoms with van der Waals surface area (Å²) in [7, 11) is 1.39. The number of esters is 1. The predicted octanol–water partition coefficient (Wildman–Crippen LogP) is 3.15. The minimum absolute atomic E-state index is 0.0336. The zero-order valence-corrected chi connectivity index (χ0v) is 9.63. The van der Waals surface area contributed by atoms with Gasteiger partial charge in [-0.3, -0.25) is 4.79 Å². The first-order chi connectivity index (χ1) is 7.61. The van der Waals surface area contributed by atoms with Crippen molar-refractivity contribution in [1.82, 2.24) is 0 Å². The fraction of sp³-hybridized carbons (Fsp3) is 0.417. The first-order valence-corrected chi connectivity index (χ1v) is 5.52. The number of hydrogen-bond donors (Lipinski definition) is 0. The van der Waals surface area contributed by atoms with Crippen LogP contribution in [0.1, 0.15) is 24.3 Å². The van der Waals surface area contributed by atoms with Gasteiger partial charge >= 0.3 is 5.97 Å². The summed E-state index contributed by atoms with van der Waals surface area (Å²) in [5.41, 5.74) is 0.905. The lowest BCUT2D eigenvalue weighted by molar-refractivity contribution is -0.148. The molecule has 0 radical (unpaired) electrons. The molecule has 86 valence electrons. The molecule has 0 aliphatic heterocycles. The molecule has 1 saturated carbocycles. The van der Waals surface area contributed by atoms with Crippen molar-refractivity contribution in [3.8, 4) is 0 Å². The lowest BCUT2D eigenvalue weighted by Crippen LogP contribution is -2.29. The van der Waals surface area contributed by atoms with Gasteiger partial charge in [-0.2, -0.15) is 0 Å². The summed E-state index contributed by atoms with van der Waals surface area (Å²) in [4.78, 5) is 11.2. The Morgan fingerprint density at radius 1 is 1.50 bits per heavy atom. The Hall–Kier alpha value is -1.09. The molecular formula is C12H12ClFO2. The Morgan fingerprint density at radius 2 is 2.19 bits per heavy atom. The third-order valence-electron chi connectivity index (χ3n) is 3.09. The average Bonchev–Trinajstić information content (AvgIpc) is 2.21. The second-order valence-corrected chi connectivity index (χ2v) is 4.47. The Labute approximate surface area is 98.4 Å². The van der Waals surface area contributed by atoms with Gasteiger partial charge in [-0.25, -0.2) is 4.39 Å². The Morgan fingerprint density at radius 3 is 2.75 bits per heavy atom. The molecule has 1 aromatic rings. The van der Waals surface area contributed by atoms with Crippen molar-refractivity contribution < 1.29 is 13.9 Å². The molecule has 1 aliphatic rings. The van der Waals surface area contributed by atoms with Gasteiger partial charge in [0.25, 0.3) is 0 Å². The summed E-state index contributed by atoms with van der Waals surface area (Å²) in [5, 5.41) is 0.132. The summed E-state index contributed by atoms with van der Waals surface area (Å²) in [6.45, 7) is 0. The monoisotopic (exact) mass is 242 g/mol. The summed E-state index contributed by atoms with van der Waals surface area (Å²) in [6.07, 6.45) is 1.46. The summed E-state index contributed by atoms with van der Waals surface area (Å²) in [6, 6.07) is 4.81. The molecule has 0 unspecified atom stereocenters. The van der Waals surface area contributed by atoms with E-state index in [-0.39, 0.29) is 22.8 Å². The number of benzene rings is 1. The third-order valence-corrected chi connectivity index (χ3v) is 3.39. The van der Waals surface area contributed by atoms with E-state index in [9.17, 15) is 9.18 Å². The van der Waals surface area contributed by atoms with Crippen molar-refractivity contribution in [2.45, 2.75) is 18.8 Å². The van der Waals surface area contributed by atoms with E-state index < -0.39 is 5.82 Å². The molecule has 0 aromatic heterocycles. The third kappa shape index (κ3) is 2.05. The van der Waals surface area contributed by atoms with Gasteiger partial charge in [0.1, 0.15) is 5.82 Å². The van der Waals surface area contributed by atoms with Crippen LogP contribution in [-0.4, -0.2) is 13.1 Å². The smallest absolute Gasteiger partial charge is 0.308 e. The molecular weight excluding hydrogens is 231 g/mol. The molecule has 1 aromatic carbocycles. The summed E-state index contributed by atoms with van der Waals surface area (Å²) >= 11 is 5.60. The lowest BCUT2D eigenvalue weighted by Gasteiger charge is -2.33. The lowest BCUT2D eigenvalue weighted by atomic mass is 9.71. The SMILES string of the molecule is COC(=O)C1CC(c2ccc(Cl)c(F)c2)C1. The number of methoxy groups -OCH3 is 1. The average molecular weight is 243 g/mol. The van der Waals surface area contributed by atoms with E-state index in [4.69, 9.17) is 11.6 Å². The highest BCUT2D eigenvalue weighted by molar-refractivity contribution is 6.30. The van der Waals surface area contributed by atoms with Crippen LogP contribution in [0.15, 0.2) is 18.2 Å². The minimum atomic E-state index is -0.402. The topological polar surface area (TPSA) is 26.3 Å². The van der Waals surface area contributed by atoms with Crippen LogP contribution in [0.3, 0.4) is 0 Å². The molecule has 0 spiro atoms.